The van der Waals surface area contributed by atoms with Crippen molar-refractivity contribution in [2.75, 3.05) is 71.3 Å². The first-order valence-corrected chi connectivity index (χ1v) is 26.1. The number of benzene rings is 4. The molecule has 3 fully saturated rings. The first-order valence-electron chi connectivity index (χ1n) is 23.2. The topological polar surface area (TPSA) is 209 Å². The summed E-state index contributed by atoms with van der Waals surface area (Å²) in [6.45, 7) is 11.3. The summed E-state index contributed by atoms with van der Waals surface area (Å²) in [5, 5.41) is 7.75. The van der Waals surface area contributed by atoms with E-state index in [2.05, 4.69) is 65.6 Å². The van der Waals surface area contributed by atoms with Crippen LogP contribution in [0.1, 0.15) is 61.8 Å². The van der Waals surface area contributed by atoms with Gasteiger partial charge in [-0.15, -0.1) is 5.06 Å². The van der Waals surface area contributed by atoms with Crippen molar-refractivity contribution in [2.45, 2.75) is 93.1 Å². The van der Waals surface area contributed by atoms with Crippen molar-refractivity contribution in [3.8, 4) is 0 Å². The van der Waals surface area contributed by atoms with E-state index < -0.39 is 42.2 Å². The highest BCUT2D eigenvalue weighted by atomic mass is 32.2. The number of para-hydroxylation sites is 1. The number of anilines is 1. The van der Waals surface area contributed by atoms with E-state index in [0.717, 1.165) is 74.4 Å². The predicted octanol–water partition coefficient (Wildman–Crippen LogP) is 5.49. The number of likely N-dealkylation sites (tertiary alicyclic amines) is 1. The Morgan fingerprint density at radius 3 is 1.93 bits per heavy atom. The number of rotatable bonds is 11. The molecule has 4 amide bonds. The number of carbonyl (C=O) groups is 3. The van der Waals surface area contributed by atoms with E-state index in [-0.39, 0.29) is 28.8 Å². The van der Waals surface area contributed by atoms with Gasteiger partial charge in [0.05, 0.1) is 0 Å². The van der Waals surface area contributed by atoms with Crippen LogP contribution < -0.4 is 10.6 Å². The number of hydrogen-bond donors (Lipinski definition) is 4. The molecule has 4 heterocycles. The van der Waals surface area contributed by atoms with Gasteiger partial charge in [-0.2, -0.15) is 16.8 Å². The summed E-state index contributed by atoms with van der Waals surface area (Å²) < 4.78 is 62.7. The standard InChI is InChI=1S/C38H55N7O4.C10H8O6S2/c1-4-29-11-10-28(26-30(29)5-2)27-35(36(46)43-24-22-42(23-25-43)32-13-17-41(3)18-14-32)40-38(48)49-44-19-15-33(16-20-44)45-21-12-31-8-6-7-9-34(31)39-37(45)47;11-17(12,13)9-5-1-3-7-8(9)4-2-6-10(7)18(14,15)16/h6-11,26,32-33,35H,4-5,12-25,27H2,1-3H3,(H,39,47)(H,40,48);1-6H,(H,11,12,13)(H,14,15,16)/t35-;/m1./s1. The Morgan fingerprint density at radius 1 is 0.731 bits per heavy atom. The zero-order valence-electron chi connectivity index (χ0n) is 38.5. The zero-order chi connectivity index (χ0) is 47.9. The van der Waals surface area contributed by atoms with Crippen molar-refractivity contribution in [2.24, 2.45) is 0 Å². The second-order valence-corrected chi connectivity index (χ2v) is 20.5. The first kappa shape index (κ1) is 49.7. The Labute approximate surface area is 393 Å². The minimum atomic E-state index is -4.47. The molecule has 4 aliphatic heterocycles. The molecule has 4 aliphatic rings. The van der Waals surface area contributed by atoms with Gasteiger partial charge in [0.1, 0.15) is 15.8 Å². The quantitative estimate of drug-likeness (QED) is 0.137. The summed E-state index contributed by atoms with van der Waals surface area (Å²) in [6, 6.07) is 21.8. The van der Waals surface area contributed by atoms with Crippen molar-refractivity contribution >= 4 is 54.7 Å². The molecule has 19 heteroatoms. The number of amides is 4. The van der Waals surface area contributed by atoms with Crippen molar-refractivity contribution in [3.05, 3.63) is 101 Å². The highest BCUT2D eigenvalue weighted by Crippen LogP contribution is 2.29. The fourth-order valence-electron chi connectivity index (χ4n) is 9.78. The Morgan fingerprint density at radius 2 is 1.33 bits per heavy atom. The second-order valence-electron chi connectivity index (χ2n) is 17.7. The smallest absolute Gasteiger partial charge is 0.351 e. The van der Waals surface area contributed by atoms with Gasteiger partial charge in [0.2, 0.25) is 5.91 Å². The van der Waals surface area contributed by atoms with E-state index in [1.165, 1.54) is 48.2 Å². The van der Waals surface area contributed by atoms with Crippen LogP contribution in [0, 0.1) is 0 Å². The van der Waals surface area contributed by atoms with Crippen molar-refractivity contribution in [1.29, 1.82) is 0 Å². The van der Waals surface area contributed by atoms with Gasteiger partial charge in [0.15, 0.2) is 0 Å². The van der Waals surface area contributed by atoms with Crippen LogP contribution in [0.25, 0.3) is 10.8 Å². The fraction of sp³-hybridized carbons (Fsp3) is 0.479. The molecule has 1 atom stereocenters. The van der Waals surface area contributed by atoms with Gasteiger partial charge in [-0.3, -0.25) is 18.8 Å². The molecule has 4 aromatic carbocycles. The number of hydroxylamine groups is 2. The van der Waals surface area contributed by atoms with Gasteiger partial charge >= 0.3 is 12.1 Å². The molecule has 67 heavy (non-hydrogen) atoms. The summed E-state index contributed by atoms with van der Waals surface area (Å²) in [4.78, 5) is 54.3. The molecular weight excluding hydrogens is 899 g/mol. The lowest BCUT2D eigenvalue weighted by Gasteiger charge is -2.42. The van der Waals surface area contributed by atoms with E-state index >= 15 is 0 Å². The Balaban J connectivity index is 0.000000309. The third kappa shape index (κ3) is 12.5. The number of urea groups is 1. The summed E-state index contributed by atoms with van der Waals surface area (Å²) in [5.41, 5.74) is 5.66. The molecule has 0 aliphatic carbocycles. The maximum atomic E-state index is 14.1. The van der Waals surface area contributed by atoms with Crippen LogP contribution in [-0.4, -0.2) is 153 Å². The highest BCUT2D eigenvalue weighted by molar-refractivity contribution is 7.86. The van der Waals surface area contributed by atoms with Crippen LogP contribution in [0.3, 0.4) is 0 Å². The van der Waals surface area contributed by atoms with Crippen LogP contribution in [0.15, 0.2) is 88.7 Å². The van der Waals surface area contributed by atoms with E-state index in [1.807, 2.05) is 28.0 Å². The number of aryl methyl sites for hydroxylation is 2. The minimum absolute atomic E-state index is 0.0233. The molecule has 0 unspecified atom stereocenters. The van der Waals surface area contributed by atoms with E-state index in [1.54, 1.807) is 5.06 Å². The average Bonchev–Trinajstić information content (AvgIpc) is 3.48. The monoisotopic (exact) mass is 961 g/mol. The zero-order valence-corrected chi connectivity index (χ0v) is 40.1. The summed E-state index contributed by atoms with van der Waals surface area (Å²) in [5.74, 6) is -0.0514. The molecule has 3 saturated heterocycles. The number of piperazine rings is 1. The minimum Gasteiger partial charge on any atom is -0.351 e. The average molecular weight is 962 g/mol. The lowest BCUT2D eigenvalue weighted by atomic mass is 9.96. The first-order chi connectivity index (χ1) is 32.0. The van der Waals surface area contributed by atoms with Crippen molar-refractivity contribution in [3.63, 3.8) is 0 Å². The summed E-state index contributed by atoms with van der Waals surface area (Å²) in [7, 11) is -6.75. The third-order valence-electron chi connectivity index (χ3n) is 13.5. The van der Waals surface area contributed by atoms with Gasteiger partial charge in [-0.05, 0) is 106 Å². The molecule has 8 rings (SSSR count). The van der Waals surface area contributed by atoms with Crippen molar-refractivity contribution in [1.82, 2.24) is 30.0 Å². The number of fused-ring (bicyclic) bond motifs is 2. The Kier molecular flexibility index (Phi) is 16.2. The maximum Gasteiger partial charge on any atom is 0.426 e. The molecule has 4 aromatic rings. The van der Waals surface area contributed by atoms with E-state index in [4.69, 9.17) is 13.9 Å². The lowest BCUT2D eigenvalue weighted by Crippen LogP contribution is -2.58. The second kappa shape index (κ2) is 21.9. The van der Waals surface area contributed by atoms with Crippen LogP contribution in [0.2, 0.25) is 0 Å². The van der Waals surface area contributed by atoms with Gasteiger partial charge < -0.3 is 30.2 Å². The number of nitrogens with zero attached hydrogens (tertiary/aromatic N) is 5. The van der Waals surface area contributed by atoms with E-state index in [0.29, 0.717) is 58.0 Å². The molecule has 17 nitrogen and oxygen atoms in total. The van der Waals surface area contributed by atoms with Crippen LogP contribution in [0.4, 0.5) is 15.3 Å². The number of hydrogen-bond acceptors (Lipinski definition) is 11. The molecule has 0 bridgehead atoms. The number of piperidine rings is 2. The van der Waals surface area contributed by atoms with E-state index in [9.17, 15) is 31.2 Å². The summed E-state index contributed by atoms with van der Waals surface area (Å²) >= 11 is 0. The molecule has 0 saturated carbocycles. The maximum absolute atomic E-state index is 14.1. The highest BCUT2D eigenvalue weighted by Gasteiger charge is 2.35. The summed E-state index contributed by atoms with van der Waals surface area (Å²) in [6.07, 6.45) is 6.23. The number of carbonyl (C=O) groups excluding carboxylic acids is 3. The number of nitrogens with one attached hydrogen (secondary N) is 2. The molecule has 0 radical (unpaired) electrons. The lowest BCUT2D eigenvalue weighted by molar-refractivity contribution is -0.138. The SMILES string of the molecule is CCc1ccc(C[C@@H](NC(=O)ON2CCC(N3CCc4ccccc4NC3=O)CC2)C(=O)N2CCN(C3CCN(C)CC3)CC2)cc1CC.O=S(=O)(O)c1cccc2c(S(=O)(=O)O)cccc12. The normalized spacial score (nSPS) is 18.9. The third-order valence-corrected chi connectivity index (χ3v) is 15.3. The molecular formula is C48H63N7O10S2. The van der Waals surface area contributed by atoms with Crippen molar-refractivity contribution < 1.29 is 45.2 Å². The van der Waals surface area contributed by atoms with Crippen LogP contribution in [0.5, 0.6) is 0 Å². The molecule has 4 N–H and O–H groups in total. The van der Waals surface area contributed by atoms with Gasteiger partial charge in [-0.1, -0.05) is 74.5 Å². The molecule has 0 aromatic heterocycles. The Hall–Kier alpha value is -5.15. The van der Waals surface area contributed by atoms with Gasteiger partial charge in [0.25, 0.3) is 20.2 Å². The predicted molar refractivity (Wildman–Crippen MR) is 255 cm³/mol. The molecule has 0 spiro atoms. The fourth-order valence-corrected chi connectivity index (χ4v) is 11.2. The van der Waals surface area contributed by atoms with Gasteiger partial charge in [-0.25, -0.2) is 9.59 Å². The van der Waals surface area contributed by atoms with Crippen LogP contribution >= 0.6 is 0 Å². The van der Waals surface area contributed by atoms with Gasteiger partial charge in [0, 0.05) is 80.8 Å². The van der Waals surface area contributed by atoms with Crippen LogP contribution in [-0.2, 0) is 55.6 Å². The Bertz CT molecular complexity index is 2560. The molecule has 362 valence electrons. The largest absolute Gasteiger partial charge is 0.426 e.